The molecular formula is C13H20N2O3. The smallest absolute Gasteiger partial charge is 0.237 e. The molecule has 1 amide bonds. The number of hydrogen-bond donors (Lipinski definition) is 2. The van der Waals surface area contributed by atoms with Crippen LogP contribution in [0.1, 0.15) is 20.3 Å². The molecule has 0 aliphatic rings. The average Bonchev–Trinajstić information content (AvgIpc) is 2.28. The van der Waals surface area contributed by atoms with E-state index in [-0.39, 0.29) is 6.10 Å². The number of carbonyl (C=O) groups excluding carboxylic acids is 1. The molecule has 0 saturated carbocycles. The Morgan fingerprint density at radius 2 is 2.06 bits per heavy atom. The fraction of sp³-hybridized carbons (Fsp3) is 0.462. The van der Waals surface area contributed by atoms with Crippen molar-refractivity contribution in [3.05, 3.63) is 24.3 Å². The quantitative estimate of drug-likeness (QED) is 0.792. The second-order valence-corrected chi connectivity index (χ2v) is 4.59. The zero-order valence-corrected chi connectivity index (χ0v) is 11.0. The lowest BCUT2D eigenvalue weighted by atomic mass is 9.95. The topological polar surface area (TPSA) is 87.6 Å². The van der Waals surface area contributed by atoms with Gasteiger partial charge in [0.15, 0.2) is 0 Å². The van der Waals surface area contributed by atoms with E-state index in [2.05, 4.69) is 0 Å². The maximum absolute atomic E-state index is 11.1. The van der Waals surface area contributed by atoms with Crippen molar-refractivity contribution in [3.63, 3.8) is 0 Å². The minimum Gasteiger partial charge on any atom is -0.497 e. The molecule has 5 nitrogen and oxygen atoms in total. The molecule has 1 aromatic carbocycles. The van der Waals surface area contributed by atoms with Crippen molar-refractivity contribution in [2.75, 3.05) is 7.11 Å². The monoisotopic (exact) mass is 252 g/mol. The zero-order valence-electron chi connectivity index (χ0n) is 11.0. The van der Waals surface area contributed by atoms with Crippen LogP contribution in [0, 0.1) is 0 Å². The van der Waals surface area contributed by atoms with Gasteiger partial charge in [-0.05, 0) is 26.0 Å². The minimum atomic E-state index is -1.07. The maximum Gasteiger partial charge on any atom is 0.237 e. The van der Waals surface area contributed by atoms with E-state index in [4.69, 9.17) is 20.9 Å². The molecule has 0 aliphatic heterocycles. The summed E-state index contributed by atoms with van der Waals surface area (Å²) in [6.45, 7) is 3.44. The first-order chi connectivity index (χ1) is 8.35. The van der Waals surface area contributed by atoms with Crippen LogP contribution in [0.15, 0.2) is 24.3 Å². The van der Waals surface area contributed by atoms with Gasteiger partial charge in [0, 0.05) is 12.5 Å². The van der Waals surface area contributed by atoms with Crippen LogP contribution >= 0.6 is 0 Å². The molecule has 2 unspecified atom stereocenters. The Morgan fingerprint density at radius 3 is 2.61 bits per heavy atom. The van der Waals surface area contributed by atoms with Crippen molar-refractivity contribution < 1.29 is 14.3 Å². The van der Waals surface area contributed by atoms with Crippen molar-refractivity contribution in [2.45, 2.75) is 31.9 Å². The fourth-order valence-electron chi connectivity index (χ4n) is 1.65. The van der Waals surface area contributed by atoms with Gasteiger partial charge in [0.25, 0.3) is 0 Å². The van der Waals surface area contributed by atoms with Gasteiger partial charge in [0.2, 0.25) is 5.91 Å². The molecule has 1 aromatic rings. The summed E-state index contributed by atoms with van der Waals surface area (Å²) in [6, 6.07) is 7.25. The predicted molar refractivity (Wildman–Crippen MR) is 69.5 cm³/mol. The van der Waals surface area contributed by atoms with E-state index in [1.807, 2.05) is 25.1 Å². The normalized spacial score (nSPS) is 15.6. The number of amides is 1. The fourth-order valence-corrected chi connectivity index (χ4v) is 1.65. The highest BCUT2D eigenvalue weighted by atomic mass is 16.5. The molecule has 18 heavy (non-hydrogen) atoms. The van der Waals surface area contributed by atoms with Crippen molar-refractivity contribution in [3.8, 4) is 11.5 Å². The summed E-state index contributed by atoms with van der Waals surface area (Å²) in [6.07, 6.45) is 0.124. The standard InChI is InChI=1S/C13H20N2O3/c1-9(8-13(2,15)12(14)16)18-11-6-4-5-10(7-11)17-3/h4-7,9H,8,15H2,1-3H3,(H2,14,16). The summed E-state index contributed by atoms with van der Waals surface area (Å²) in [7, 11) is 1.59. The van der Waals surface area contributed by atoms with Crippen LogP contribution in [0.3, 0.4) is 0 Å². The lowest BCUT2D eigenvalue weighted by molar-refractivity contribution is -0.123. The summed E-state index contributed by atoms with van der Waals surface area (Å²) in [5.74, 6) is 0.843. The van der Waals surface area contributed by atoms with Crippen LogP contribution in [0.5, 0.6) is 11.5 Å². The molecule has 0 aromatic heterocycles. The van der Waals surface area contributed by atoms with Gasteiger partial charge in [-0.1, -0.05) is 6.07 Å². The van der Waals surface area contributed by atoms with Crippen LogP contribution in [0.25, 0.3) is 0 Å². The molecule has 0 heterocycles. The number of benzene rings is 1. The molecule has 4 N–H and O–H groups in total. The Bertz CT molecular complexity index is 418. The van der Waals surface area contributed by atoms with Crippen LogP contribution in [-0.4, -0.2) is 24.7 Å². The number of primary amides is 1. The lowest BCUT2D eigenvalue weighted by Crippen LogP contribution is -2.51. The van der Waals surface area contributed by atoms with Crippen LogP contribution in [0.4, 0.5) is 0 Å². The molecule has 5 heteroatoms. The lowest BCUT2D eigenvalue weighted by Gasteiger charge is -2.25. The third-order valence-corrected chi connectivity index (χ3v) is 2.65. The summed E-state index contributed by atoms with van der Waals surface area (Å²) in [5.41, 5.74) is 9.94. The van der Waals surface area contributed by atoms with Crippen molar-refractivity contribution in [2.24, 2.45) is 11.5 Å². The van der Waals surface area contributed by atoms with Gasteiger partial charge in [-0.15, -0.1) is 0 Å². The van der Waals surface area contributed by atoms with Gasteiger partial charge in [0.1, 0.15) is 11.5 Å². The largest absolute Gasteiger partial charge is 0.497 e. The van der Waals surface area contributed by atoms with Crippen LogP contribution < -0.4 is 20.9 Å². The third kappa shape index (κ3) is 3.92. The molecule has 0 saturated heterocycles. The molecular weight excluding hydrogens is 232 g/mol. The highest BCUT2D eigenvalue weighted by Crippen LogP contribution is 2.21. The summed E-state index contributed by atoms with van der Waals surface area (Å²) < 4.78 is 10.8. The van der Waals surface area contributed by atoms with E-state index in [0.29, 0.717) is 17.9 Å². The van der Waals surface area contributed by atoms with E-state index >= 15 is 0 Å². The van der Waals surface area contributed by atoms with E-state index in [0.717, 1.165) is 0 Å². The number of methoxy groups -OCH3 is 1. The molecule has 0 bridgehead atoms. The first-order valence-electron chi connectivity index (χ1n) is 5.74. The van der Waals surface area contributed by atoms with Gasteiger partial charge in [0.05, 0.1) is 18.8 Å². The van der Waals surface area contributed by atoms with E-state index in [1.165, 1.54) is 0 Å². The summed E-state index contributed by atoms with van der Waals surface area (Å²) in [5, 5.41) is 0. The Morgan fingerprint density at radius 1 is 1.44 bits per heavy atom. The van der Waals surface area contributed by atoms with Crippen LogP contribution in [-0.2, 0) is 4.79 Å². The summed E-state index contributed by atoms with van der Waals surface area (Å²) in [4.78, 5) is 11.1. The molecule has 0 fully saturated rings. The van der Waals surface area contributed by atoms with E-state index < -0.39 is 11.4 Å². The van der Waals surface area contributed by atoms with E-state index in [1.54, 1.807) is 20.1 Å². The second-order valence-electron chi connectivity index (χ2n) is 4.59. The number of rotatable bonds is 6. The van der Waals surface area contributed by atoms with Gasteiger partial charge in [-0.25, -0.2) is 0 Å². The van der Waals surface area contributed by atoms with Gasteiger partial charge < -0.3 is 20.9 Å². The highest BCUT2D eigenvalue weighted by molar-refractivity contribution is 5.83. The van der Waals surface area contributed by atoms with Gasteiger partial charge in [-0.2, -0.15) is 0 Å². The van der Waals surface area contributed by atoms with Crippen molar-refractivity contribution in [1.29, 1.82) is 0 Å². The van der Waals surface area contributed by atoms with Crippen LogP contribution in [0.2, 0.25) is 0 Å². The maximum atomic E-state index is 11.1. The second kappa shape index (κ2) is 5.73. The Hall–Kier alpha value is -1.75. The first-order valence-corrected chi connectivity index (χ1v) is 5.74. The zero-order chi connectivity index (χ0) is 13.8. The third-order valence-electron chi connectivity index (χ3n) is 2.65. The number of carbonyl (C=O) groups is 1. The molecule has 0 radical (unpaired) electrons. The SMILES string of the molecule is COc1cccc(OC(C)CC(C)(N)C(N)=O)c1. The Kier molecular flexibility index (Phi) is 4.55. The predicted octanol–water partition coefficient (Wildman–Crippen LogP) is 1.06. The van der Waals surface area contributed by atoms with Gasteiger partial charge in [-0.3, -0.25) is 4.79 Å². The van der Waals surface area contributed by atoms with E-state index in [9.17, 15) is 4.79 Å². The Balaban J connectivity index is 2.64. The molecule has 1 rings (SSSR count). The van der Waals surface area contributed by atoms with Crippen molar-refractivity contribution >= 4 is 5.91 Å². The molecule has 2 atom stereocenters. The molecule has 0 spiro atoms. The summed E-state index contributed by atoms with van der Waals surface area (Å²) >= 11 is 0. The minimum absolute atomic E-state index is 0.223. The van der Waals surface area contributed by atoms with Crippen molar-refractivity contribution in [1.82, 2.24) is 0 Å². The molecule has 100 valence electrons. The van der Waals surface area contributed by atoms with Gasteiger partial charge >= 0.3 is 0 Å². The first kappa shape index (κ1) is 14.3. The number of nitrogens with two attached hydrogens (primary N) is 2. The molecule has 0 aliphatic carbocycles. The Labute approximate surface area is 107 Å². The average molecular weight is 252 g/mol. The highest BCUT2D eigenvalue weighted by Gasteiger charge is 2.28. The number of ether oxygens (including phenoxy) is 2. The number of hydrogen-bond acceptors (Lipinski definition) is 4.